The molecule has 0 fully saturated rings. The van der Waals surface area contributed by atoms with E-state index in [1.54, 1.807) is 24.3 Å². The predicted molar refractivity (Wildman–Crippen MR) is 55.7 cm³/mol. The van der Waals surface area contributed by atoms with E-state index in [0.29, 0.717) is 5.56 Å². The monoisotopic (exact) mass is 214 g/mol. The minimum absolute atomic E-state index is 0.630. The molecular formula is C10H14O3S. The largest absolute Gasteiger partial charge is 0.387 e. The van der Waals surface area contributed by atoms with Gasteiger partial charge in [-0.3, -0.25) is 0 Å². The molecule has 14 heavy (non-hydrogen) atoms. The summed E-state index contributed by atoms with van der Waals surface area (Å²) in [6, 6.07) is 8.79. The molecule has 0 saturated carbocycles. The van der Waals surface area contributed by atoms with Gasteiger partial charge in [0.2, 0.25) is 0 Å². The second-order valence-corrected chi connectivity index (χ2v) is 5.79. The SMILES string of the molecule is CC(C(O)c1ccccc1)S(C)(=O)=O. The number of aliphatic hydroxyl groups is 1. The Bertz CT molecular complexity index is 383. The lowest BCUT2D eigenvalue weighted by molar-refractivity contribution is 0.176. The summed E-state index contributed by atoms with van der Waals surface area (Å²) in [6.07, 6.45) is 0.176. The number of hydrogen-bond donors (Lipinski definition) is 1. The molecule has 0 aliphatic carbocycles. The van der Waals surface area contributed by atoms with Gasteiger partial charge >= 0.3 is 0 Å². The number of aliphatic hydroxyl groups excluding tert-OH is 1. The van der Waals surface area contributed by atoms with Gasteiger partial charge in [-0.15, -0.1) is 0 Å². The van der Waals surface area contributed by atoms with E-state index in [4.69, 9.17) is 0 Å². The maximum absolute atomic E-state index is 11.2. The van der Waals surface area contributed by atoms with Crippen molar-refractivity contribution in [3.63, 3.8) is 0 Å². The van der Waals surface area contributed by atoms with Gasteiger partial charge in [0.15, 0.2) is 9.84 Å². The molecule has 0 heterocycles. The zero-order chi connectivity index (χ0) is 10.8. The molecule has 0 spiro atoms. The first-order chi connectivity index (χ1) is 6.43. The summed E-state index contributed by atoms with van der Waals surface area (Å²) >= 11 is 0. The molecule has 3 nitrogen and oxygen atoms in total. The van der Waals surface area contributed by atoms with Crippen molar-refractivity contribution in [3.05, 3.63) is 35.9 Å². The topological polar surface area (TPSA) is 54.4 Å². The third kappa shape index (κ3) is 2.56. The van der Waals surface area contributed by atoms with Crippen molar-refractivity contribution in [2.75, 3.05) is 6.26 Å². The van der Waals surface area contributed by atoms with Crippen LogP contribution in [0.25, 0.3) is 0 Å². The number of benzene rings is 1. The zero-order valence-electron chi connectivity index (χ0n) is 8.21. The fraction of sp³-hybridized carbons (Fsp3) is 0.400. The van der Waals surface area contributed by atoms with Crippen molar-refractivity contribution in [2.45, 2.75) is 18.3 Å². The molecule has 1 rings (SSSR count). The molecule has 0 bridgehead atoms. The maximum Gasteiger partial charge on any atom is 0.152 e. The van der Waals surface area contributed by atoms with Crippen LogP contribution in [0.5, 0.6) is 0 Å². The van der Waals surface area contributed by atoms with E-state index in [1.165, 1.54) is 6.92 Å². The lowest BCUT2D eigenvalue weighted by Gasteiger charge is -2.17. The molecule has 4 heteroatoms. The van der Waals surface area contributed by atoms with E-state index in [2.05, 4.69) is 0 Å². The first-order valence-corrected chi connectivity index (χ1v) is 6.30. The Kier molecular flexibility index (Phi) is 3.29. The Hall–Kier alpha value is -0.870. The molecule has 0 aromatic heterocycles. The Balaban J connectivity index is 2.92. The van der Waals surface area contributed by atoms with E-state index in [1.807, 2.05) is 6.07 Å². The molecule has 0 radical (unpaired) electrons. The van der Waals surface area contributed by atoms with Crippen LogP contribution in [-0.4, -0.2) is 25.0 Å². The third-order valence-corrected chi connectivity index (χ3v) is 3.87. The quantitative estimate of drug-likeness (QED) is 0.821. The van der Waals surface area contributed by atoms with Crippen LogP contribution in [0.15, 0.2) is 30.3 Å². The van der Waals surface area contributed by atoms with Gasteiger partial charge in [-0.2, -0.15) is 0 Å². The molecule has 0 saturated heterocycles. The molecule has 1 N–H and O–H groups in total. The van der Waals surface area contributed by atoms with E-state index in [-0.39, 0.29) is 0 Å². The van der Waals surface area contributed by atoms with Gasteiger partial charge in [0.25, 0.3) is 0 Å². The third-order valence-electron chi connectivity index (χ3n) is 2.26. The normalized spacial score (nSPS) is 16.2. The summed E-state index contributed by atoms with van der Waals surface area (Å²) in [7, 11) is -3.20. The van der Waals surface area contributed by atoms with Crippen molar-refractivity contribution in [3.8, 4) is 0 Å². The Morgan fingerprint density at radius 2 is 1.71 bits per heavy atom. The van der Waals surface area contributed by atoms with E-state index in [0.717, 1.165) is 6.26 Å². The number of rotatable bonds is 3. The van der Waals surface area contributed by atoms with Crippen LogP contribution in [0.4, 0.5) is 0 Å². The van der Waals surface area contributed by atoms with E-state index >= 15 is 0 Å². The molecule has 2 atom stereocenters. The fourth-order valence-electron chi connectivity index (χ4n) is 1.16. The van der Waals surface area contributed by atoms with Crippen LogP contribution < -0.4 is 0 Å². The molecule has 78 valence electrons. The lowest BCUT2D eigenvalue weighted by Crippen LogP contribution is -2.24. The molecule has 1 aromatic rings. The summed E-state index contributed by atoms with van der Waals surface area (Å²) in [5.41, 5.74) is 0.630. The average molecular weight is 214 g/mol. The van der Waals surface area contributed by atoms with Gasteiger partial charge in [0.1, 0.15) is 0 Å². The van der Waals surface area contributed by atoms with Crippen molar-refractivity contribution < 1.29 is 13.5 Å². The summed E-state index contributed by atoms with van der Waals surface area (Å²) in [5.74, 6) is 0. The maximum atomic E-state index is 11.2. The van der Waals surface area contributed by atoms with Gasteiger partial charge in [0.05, 0.1) is 11.4 Å². The van der Waals surface area contributed by atoms with Crippen LogP contribution in [0.3, 0.4) is 0 Å². The Labute approximate surface area is 84.3 Å². The molecule has 2 unspecified atom stereocenters. The van der Waals surface area contributed by atoms with Crippen LogP contribution in [-0.2, 0) is 9.84 Å². The van der Waals surface area contributed by atoms with Crippen molar-refractivity contribution >= 4 is 9.84 Å². The highest BCUT2D eigenvalue weighted by Crippen LogP contribution is 2.20. The first-order valence-electron chi connectivity index (χ1n) is 4.35. The molecule has 0 aliphatic heterocycles. The van der Waals surface area contributed by atoms with Crippen LogP contribution in [0, 0.1) is 0 Å². The molecule has 1 aromatic carbocycles. The summed E-state index contributed by atoms with van der Waals surface area (Å²) in [5, 5.41) is 8.97. The summed E-state index contributed by atoms with van der Waals surface area (Å²) in [4.78, 5) is 0. The zero-order valence-corrected chi connectivity index (χ0v) is 9.03. The van der Waals surface area contributed by atoms with Crippen LogP contribution in [0.2, 0.25) is 0 Å². The standard InChI is InChI=1S/C10H14O3S/c1-8(14(2,12)13)10(11)9-6-4-3-5-7-9/h3-8,10-11H,1-2H3. The first kappa shape index (κ1) is 11.2. The highest BCUT2D eigenvalue weighted by molar-refractivity contribution is 7.91. The van der Waals surface area contributed by atoms with Gasteiger partial charge < -0.3 is 5.11 Å². The van der Waals surface area contributed by atoms with E-state index in [9.17, 15) is 13.5 Å². The number of hydrogen-bond acceptors (Lipinski definition) is 3. The predicted octanol–water partition coefficient (Wildman–Crippen LogP) is 1.15. The molecule has 0 aliphatic rings. The van der Waals surface area contributed by atoms with Gasteiger partial charge in [-0.25, -0.2) is 8.42 Å². The minimum atomic E-state index is -3.20. The highest BCUT2D eigenvalue weighted by atomic mass is 32.2. The Morgan fingerprint density at radius 3 is 2.14 bits per heavy atom. The summed E-state index contributed by atoms with van der Waals surface area (Å²) < 4.78 is 22.4. The second kappa shape index (κ2) is 4.11. The molecular weight excluding hydrogens is 200 g/mol. The van der Waals surface area contributed by atoms with E-state index < -0.39 is 21.2 Å². The number of sulfone groups is 1. The van der Waals surface area contributed by atoms with Crippen LogP contribution in [0.1, 0.15) is 18.6 Å². The van der Waals surface area contributed by atoms with Crippen molar-refractivity contribution in [1.29, 1.82) is 0 Å². The smallest absolute Gasteiger partial charge is 0.152 e. The second-order valence-electron chi connectivity index (χ2n) is 3.39. The van der Waals surface area contributed by atoms with Crippen molar-refractivity contribution in [2.24, 2.45) is 0 Å². The van der Waals surface area contributed by atoms with Crippen molar-refractivity contribution in [1.82, 2.24) is 0 Å². The van der Waals surface area contributed by atoms with Gasteiger partial charge in [-0.1, -0.05) is 30.3 Å². The fourth-order valence-corrected chi connectivity index (χ4v) is 1.78. The van der Waals surface area contributed by atoms with Crippen LogP contribution >= 0.6 is 0 Å². The summed E-state index contributed by atoms with van der Waals surface area (Å²) in [6.45, 7) is 1.51. The minimum Gasteiger partial charge on any atom is -0.387 e. The Morgan fingerprint density at radius 1 is 1.21 bits per heavy atom. The lowest BCUT2D eigenvalue weighted by atomic mass is 10.1. The van der Waals surface area contributed by atoms with Gasteiger partial charge in [-0.05, 0) is 12.5 Å². The highest BCUT2D eigenvalue weighted by Gasteiger charge is 2.24. The van der Waals surface area contributed by atoms with Gasteiger partial charge in [0, 0.05) is 6.26 Å². The molecule has 0 amide bonds. The average Bonchev–Trinajstić information content (AvgIpc) is 2.15.